The predicted molar refractivity (Wildman–Crippen MR) is 104 cm³/mol. The predicted octanol–water partition coefficient (Wildman–Crippen LogP) is 3.73. The molecule has 2 aromatic carbocycles. The van der Waals surface area contributed by atoms with Gasteiger partial charge in [0.2, 0.25) is 0 Å². The highest BCUT2D eigenvalue weighted by Crippen LogP contribution is 2.36. The molecule has 0 aliphatic carbocycles. The lowest BCUT2D eigenvalue weighted by atomic mass is 10.2. The van der Waals surface area contributed by atoms with Crippen LogP contribution in [0.15, 0.2) is 53.3 Å². The summed E-state index contributed by atoms with van der Waals surface area (Å²) in [6.45, 7) is 3.81. The van der Waals surface area contributed by atoms with Crippen LogP contribution >= 0.6 is 15.9 Å². The Morgan fingerprint density at radius 1 is 1.15 bits per heavy atom. The van der Waals surface area contributed by atoms with E-state index in [1.54, 1.807) is 13.4 Å². The van der Waals surface area contributed by atoms with E-state index in [9.17, 15) is 0 Å². The second-order valence-electron chi connectivity index (χ2n) is 5.60. The van der Waals surface area contributed by atoms with Crippen LogP contribution in [-0.2, 0) is 13.1 Å². The Kier molecular flexibility index (Phi) is 6.25. The van der Waals surface area contributed by atoms with Crippen molar-refractivity contribution in [2.45, 2.75) is 20.0 Å². The Bertz CT molecular complexity index is 852. The first-order valence-corrected chi connectivity index (χ1v) is 9.16. The number of aromatic nitrogens is 3. The molecule has 0 fully saturated rings. The van der Waals surface area contributed by atoms with Crippen LogP contribution < -0.4 is 14.8 Å². The largest absolute Gasteiger partial charge is 0.492 e. The maximum Gasteiger partial charge on any atom is 0.174 e. The lowest BCUT2D eigenvalue weighted by Gasteiger charge is -2.14. The molecule has 3 aromatic rings. The normalized spacial score (nSPS) is 10.7. The number of para-hydroxylation sites is 1. The van der Waals surface area contributed by atoms with Gasteiger partial charge in [0.15, 0.2) is 17.3 Å². The van der Waals surface area contributed by atoms with Crippen molar-refractivity contribution in [3.8, 4) is 17.2 Å². The molecule has 0 saturated heterocycles. The Labute approximate surface area is 161 Å². The van der Waals surface area contributed by atoms with Crippen LogP contribution in [0.2, 0.25) is 0 Å². The molecule has 0 radical (unpaired) electrons. The van der Waals surface area contributed by atoms with Crippen molar-refractivity contribution in [1.82, 2.24) is 20.1 Å². The van der Waals surface area contributed by atoms with Gasteiger partial charge in [-0.05, 0) is 52.7 Å². The number of hydrogen-bond acceptors (Lipinski definition) is 5. The van der Waals surface area contributed by atoms with Crippen molar-refractivity contribution < 1.29 is 9.47 Å². The summed E-state index contributed by atoms with van der Waals surface area (Å²) in [5.74, 6) is 2.29. The first-order chi connectivity index (χ1) is 12.7. The van der Waals surface area contributed by atoms with Crippen molar-refractivity contribution >= 4 is 15.9 Å². The van der Waals surface area contributed by atoms with Crippen molar-refractivity contribution in [2.24, 2.45) is 0 Å². The van der Waals surface area contributed by atoms with E-state index in [1.165, 1.54) is 0 Å². The molecule has 0 aliphatic rings. The topological polar surface area (TPSA) is 61.2 Å². The Morgan fingerprint density at radius 3 is 2.69 bits per heavy atom. The van der Waals surface area contributed by atoms with Gasteiger partial charge in [-0.3, -0.25) is 4.57 Å². The van der Waals surface area contributed by atoms with Gasteiger partial charge in [0, 0.05) is 12.2 Å². The number of nitrogens with zero attached hydrogens (tertiary/aromatic N) is 3. The second kappa shape index (κ2) is 8.82. The van der Waals surface area contributed by atoms with Crippen LogP contribution in [0.5, 0.6) is 11.5 Å². The van der Waals surface area contributed by atoms with Crippen molar-refractivity contribution in [2.75, 3.05) is 13.7 Å². The minimum atomic E-state index is 0.583. The number of methoxy groups -OCH3 is 1. The van der Waals surface area contributed by atoms with Crippen molar-refractivity contribution in [3.63, 3.8) is 0 Å². The third-order valence-electron chi connectivity index (χ3n) is 3.84. The molecule has 1 heterocycles. The summed E-state index contributed by atoms with van der Waals surface area (Å²) >= 11 is 3.54. The molecule has 0 amide bonds. The minimum absolute atomic E-state index is 0.583. The van der Waals surface area contributed by atoms with Gasteiger partial charge in [-0.25, -0.2) is 0 Å². The van der Waals surface area contributed by atoms with Gasteiger partial charge in [0.05, 0.1) is 24.7 Å². The summed E-state index contributed by atoms with van der Waals surface area (Å²) in [4.78, 5) is 0. The van der Waals surface area contributed by atoms with E-state index in [-0.39, 0.29) is 0 Å². The highest BCUT2D eigenvalue weighted by atomic mass is 79.9. The van der Waals surface area contributed by atoms with Crippen LogP contribution in [0, 0.1) is 0 Å². The highest BCUT2D eigenvalue weighted by Gasteiger charge is 2.11. The molecule has 0 bridgehead atoms. The molecule has 6 nitrogen and oxygen atoms in total. The zero-order valence-electron chi connectivity index (χ0n) is 14.8. The third kappa shape index (κ3) is 4.23. The van der Waals surface area contributed by atoms with E-state index in [0.717, 1.165) is 27.3 Å². The average Bonchev–Trinajstić information content (AvgIpc) is 3.11. The molecule has 0 saturated carbocycles. The molecule has 136 valence electrons. The number of hydrogen-bond donors (Lipinski definition) is 1. The fourth-order valence-corrected chi connectivity index (χ4v) is 3.34. The summed E-state index contributed by atoms with van der Waals surface area (Å²) in [7, 11) is 1.64. The number of halogens is 1. The van der Waals surface area contributed by atoms with Crippen LogP contribution in [0.25, 0.3) is 5.69 Å². The molecule has 1 aromatic heterocycles. The van der Waals surface area contributed by atoms with E-state index >= 15 is 0 Å². The molecule has 1 N–H and O–H groups in total. The molecule has 7 heteroatoms. The van der Waals surface area contributed by atoms with Gasteiger partial charge in [0.1, 0.15) is 6.33 Å². The van der Waals surface area contributed by atoms with Crippen LogP contribution in [0.4, 0.5) is 0 Å². The first kappa shape index (κ1) is 18.4. The molecule has 0 atom stereocenters. The van der Waals surface area contributed by atoms with Gasteiger partial charge in [-0.2, -0.15) is 0 Å². The van der Waals surface area contributed by atoms with E-state index in [0.29, 0.717) is 25.4 Å². The molecular weight excluding hydrogens is 396 g/mol. The van der Waals surface area contributed by atoms with Gasteiger partial charge < -0.3 is 14.8 Å². The number of nitrogens with one attached hydrogen (secondary N) is 1. The number of rotatable bonds is 8. The summed E-state index contributed by atoms with van der Waals surface area (Å²) in [5.41, 5.74) is 2.13. The Hall–Kier alpha value is -2.38. The summed E-state index contributed by atoms with van der Waals surface area (Å²) < 4.78 is 13.9. The fraction of sp³-hybridized carbons (Fsp3) is 0.263. The van der Waals surface area contributed by atoms with Crippen molar-refractivity contribution in [1.29, 1.82) is 0 Å². The summed E-state index contributed by atoms with van der Waals surface area (Å²) in [5, 5.41) is 11.6. The molecule has 0 aliphatic heterocycles. The second-order valence-corrected chi connectivity index (χ2v) is 6.45. The summed E-state index contributed by atoms with van der Waals surface area (Å²) in [6.07, 6.45) is 1.73. The summed E-state index contributed by atoms with van der Waals surface area (Å²) in [6, 6.07) is 14.1. The Balaban J connectivity index is 1.69. The third-order valence-corrected chi connectivity index (χ3v) is 4.43. The standard InChI is InChI=1S/C19H21BrN4O2/c1-3-26-17-10-14(9-16(20)19(17)25-2)11-21-12-18-23-22-13-24(18)15-7-5-4-6-8-15/h4-10,13,21H,3,11-12H2,1-2H3. The number of ether oxygens (including phenoxy) is 2. The zero-order valence-corrected chi connectivity index (χ0v) is 16.4. The van der Waals surface area contributed by atoms with E-state index in [2.05, 4.69) is 31.4 Å². The molecule has 3 rings (SSSR count). The molecule has 0 spiro atoms. The molecule has 26 heavy (non-hydrogen) atoms. The zero-order chi connectivity index (χ0) is 18.4. The Morgan fingerprint density at radius 2 is 1.96 bits per heavy atom. The van der Waals surface area contributed by atoms with E-state index < -0.39 is 0 Å². The van der Waals surface area contributed by atoms with Gasteiger partial charge in [-0.1, -0.05) is 18.2 Å². The fourth-order valence-electron chi connectivity index (χ4n) is 2.69. The smallest absolute Gasteiger partial charge is 0.174 e. The van der Waals surface area contributed by atoms with E-state index in [1.807, 2.05) is 54.0 Å². The quantitative estimate of drug-likeness (QED) is 0.605. The maximum atomic E-state index is 5.67. The van der Waals surface area contributed by atoms with Gasteiger partial charge in [-0.15, -0.1) is 10.2 Å². The van der Waals surface area contributed by atoms with Gasteiger partial charge >= 0.3 is 0 Å². The molecular formula is C19H21BrN4O2. The lowest BCUT2D eigenvalue weighted by Crippen LogP contribution is -2.16. The monoisotopic (exact) mass is 416 g/mol. The minimum Gasteiger partial charge on any atom is -0.492 e. The maximum absolute atomic E-state index is 5.67. The number of benzene rings is 2. The lowest BCUT2D eigenvalue weighted by molar-refractivity contribution is 0.309. The SMILES string of the molecule is CCOc1cc(CNCc2nncn2-c2ccccc2)cc(Br)c1OC. The van der Waals surface area contributed by atoms with Crippen LogP contribution in [0.1, 0.15) is 18.3 Å². The first-order valence-electron chi connectivity index (χ1n) is 8.37. The highest BCUT2D eigenvalue weighted by molar-refractivity contribution is 9.10. The van der Waals surface area contributed by atoms with Gasteiger partial charge in [0.25, 0.3) is 0 Å². The average molecular weight is 417 g/mol. The van der Waals surface area contributed by atoms with Crippen LogP contribution in [-0.4, -0.2) is 28.5 Å². The van der Waals surface area contributed by atoms with E-state index in [4.69, 9.17) is 9.47 Å². The molecule has 0 unspecified atom stereocenters. The van der Waals surface area contributed by atoms with Crippen molar-refractivity contribution in [3.05, 3.63) is 64.7 Å². The van der Waals surface area contributed by atoms with Crippen LogP contribution in [0.3, 0.4) is 0 Å².